The van der Waals surface area contributed by atoms with Crippen molar-refractivity contribution in [1.29, 1.82) is 0 Å². The predicted molar refractivity (Wildman–Crippen MR) is 86.8 cm³/mol. The minimum atomic E-state index is -0.368. The van der Waals surface area contributed by atoms with Gasteiger partial charge in [-0.1, -0.05) is 29.3 Å². The number of anilines is 2. The second-order valence-electron chi connectivity index (χ2n) is 4.27. The smallest absolute Gasteiger partial charge is 0.258 e. The van der Waals surface area contributed by atoms with Crippen LogP contribution in [0.15, 0.2) is 30.6 Å². The van der Waals surface area contributed by atoms with Crippen molar-refractivity contribution in [2.75, 3.05) is 30.9 Å². The standard InChI is InChI=1S/C14H14Cl2N4O2/c1-22-6-5-17-14-18-7-9(8-19-14)13(21)20-11-4-2-3-10(15)12(11)16/h2-4,7-8H,5-6H2,1H3,(H,20,21)(H,17,18,19). The SMILES string of the molecule is COCCNc1ncc(C(=O)Nc2cccc(Cl)c2Cl)cn1. The van der Waals surface area contributed by atoms with Gasteiger partial charge in [-0.2, -0.15) is 0 Å². The third-order valence-electron chi connectivity index (χ3n) is 2.70. The molecule has 0 spiro atoms. The van der Waals surface area contributed by atoms with E-state index in [4.69, 9.17) is 27.9 Å². The Bertz CT molecular complexity index is 650. The molecule has 0 aliphatic rings. The van der Waals surface area contributed by atoms with Gasteiger partial charge in [0.15, 0.2) is 0 Å². The maximum Gasteiger partial charge on any atom is 0.258 e. The van der Waals surface area contributed by atoms with E-state index in [1.165, 1.54) is 12.4 Å². The van der Waals surface area contributed by atoms with Gasteiger partial charge in [-0.05, 0) is 12.1 Å². The van der Waals surface area contributed by atoms with Gasteiger partial charge < -0.3 is 15.4 Å². The molecule has 1 aromatic carbocycles. The molecule has 0 bridgehead atoms. The molecule has 0 fully saturated rings. The van der Waals surface area contributed by atoms with E-state index in [0.717, 1.165) is 0 Å². The van der Waals surface area contributed by atoms with Gasteiger partial charge in [-0.3, -0.25) is 4.79 Å². The molecular weight excluding hydrogens is 327 g/mol. The molecule has 2 aromatic rings. The number of amides is 1. The highest BCUT2D eigenvalue weighted by atomic mass is 35.5. The van der Waals surface area contributed by atoms with Crippen LogP contribution in [0.3, 0.4) is 0 Å². The number of methoxy groups -OCH3 is 1. The molecule has 2 N–H and O–H groups in total. The quantitative estimate of drug-likeness (QED) is 0.790. The molecule has 1 aromatic heterocycles. The molecule has 0 saturated carbocycles. The number of hydrogen-bond donors (Lipinski definition) is 2. The first-order valence-corrected chi connectivity index (χ1v) is 7.17. The van der Waals surface area contributed by atoms with Gasteiger partial charge in [0.25, 0.3) is 5.91 Å². The van der Waals surface area contributed by atoms with Crippen LogP contribution in [0.4, 0.5) is 11.6 Å². The Morgan fingerprint density at radius 2 is 2.00 bits per heavy atom. The Morgan fingerprint density at radius 1 is 1.27 bits per heavy atom. The van der Waals surface area contributed by atoms with Gasteiger partial charge in [-0.15, -0.1) is 0 Å². The van der Waals surface area contributed by atoms with Gasteiger partial charge >= 0.3 is 0 Å². The average Bonchev–Trinajstić information content (AvgIpc) is 2.53. The number of nitrogens with one attached hydrogen (secondary N) is 2. The Hall–Kier alpha value is -1.89. The second-order valence-corrected chi connectivity index (χ2v) is 5.06. The minimum Gasteiger partial charge on any atom is -0.383 e. The zero-order valence-corrected chi connectivity index (χ0v) is 13.3. The average molecular weight is 341 g/mol. The van der Waals surface area contributed by atoms with Gasteiger partial charge in [0.2, 0.25) is 5.95 Å². The number of rotatable bonds is 6. The predicted octanol–water partition coefficient (Wildman–Crippen LogP) is 3.09. The fourth-order valence-electron chi connectivity index (χ4n) is 1.60. The van der Waals surface area contributed by atoms with E-state index in [1.807, 2.05) is 0 Å². The van der Waals surface area contributed by atoms with Gasteiger partial charge in [0, 0.05) is 26.0 Å². The van der Waals surface area contributed by atoms with E-state index in [9.17, 15) is 4.79 Å². The summed E-state index contributed by atoms with van der Waals surface area (Å²) in [7, 11) is 1.61. The fraction of sp³-hybridized carbons (Fsp3) is 0.214. The lowest BCUT2D eigenvalue weighted by molar-refractivity contribution is 0.102. The molecule has 0 aliphatic carbocycles. The number of ether oxygens (including phenoxy) is 1. The molecule has 0 radical (unpaired) electrons. The number of benzene rings is 1. The lowest BCUT2D eigenvalue weighted by atomic mass is 10.2. The summed E-state index contributed by atoms with van der Waals surface area (Å²) >= 11 is 11.9. The maximum atomic E-state index is 12.1. The molecule has 6 nitrogen and oxygen atoms in total. The van der Waals surface area contributed by atoms with Crippen LogP contribution in [0.25, 0.3) is 0 Å². The first kappa shape index (κ1) is 16.5. The van der Waals surface area contributed by atoms with Crippen molar-refractivity contribution in [2.24, 2.45) is 0 Å². The number of nitrogens with zero attached hydrogens (tertiary/aromatic N) is 2. The number of carbonyl (C=O) groups is 1. The zero-order chi connectivity index (χ0) is 15.9. The van der Waals surface area contributed by atoms with Gasteiger partial charge in [-0.25, -0.2) is 9.97 Å². The number of carbonyl (C=O) groups excluding carboxylic acids is 1. The van der Waals surface area contributed by atoms with Crippen molar-refractivity contribution in [3.05, 3.63) is 46.2 Å². The highest BCUT2D eigenvalue weighted by Gasteiger charge is 2.11. The molecule has 8 heteroatoms. The van der Waals surface area contributed by atoms with Crippen molar-refractivity contribution in [2.45, 2.75) is 0 Å². The van der Waals surface area contributed by atoms with Gasteiger partial charge in [0.1, 0.15) is 0 Å². The van der Waals surface area contributed by atoms with E-state index < -0.39 is 0 Å². The molecule has 116 valence electrons. The van der Waals surface area contributed by atoms with E-state index in [0.29, 0.717) is 35.4 Å². The minimum absolute atomic E-state index is 0.288. The summed E-state index contributed by atoms with van der Waals surface area (Å²) in [6.45, 7) is 1.12. The second kappa shape index (κ2) is 7.93. The largest absolute Gasteiger partial charge is 0.383 e. The summed E-state index contributed by atoms with van der Waals surface area (Å²) in [5.74, 6) is 0.0574. The molecular formula is C14H14Cl2N4O2. The maximum absolute atomic E-state index is 12.1. The van der Waals surface area contributed by atoms with Crippen molar-refractivity contribution < 1.29 is 9.53 Å². The zero-order valence-electron chi connectivity index (χ0n) is 11.8. The Morgan fingerprint density at radius 3 is 2.68 bits per heavy atom. The molecule has 0 unspecified atom stereocenters. The van der Waals surface area contributed by atoms with Crippen LogP contribution in [0, 0.1) is 0 Å². The van der Waals surface area contributed by atoms with Crippen molar-refractivity contribution in [3.63, 3.8) is 0 Å². The summed E-state index contributed by atoms with van der Waals surface area (Å²) in [6, 6.07) is 5.00. The van der Waals surface area contributed by atoms with Crippen molar-refractivity contribution in [1.82, 2.24) is 9.97 Å². The Kier molecular flexibility index (Phi) is 5.94. The van der Waals surface area contributed by atoms with Crippen LogP contribution in [0.1, 0.15) is 10.4 Å². The summed E-state index contributed by atoms with van der Waals surface area (Å²) in [5.41, 5.74) is 0.745. The fourth-order valence-corrected chi connectivity index (χ4v) is 1.94. The Balaban J connectivity index is 2.02. The third-order valence-corrected chi connectivity index (χ3v) is 3.52. The highest BCUT2D eigenvalue weighted by Crippen LogP contribution is 2.29. The lowest BCUT2D eigenvalue weighted by Gasteiger charge is -2.08. The van der Waals surface area contributed by atoms with Crippen LogP contribution >= 0.6 is 23.2 Å². The molecule has 0 saturated heterocycles. The summed E-state index contributed by atoms with van der Waals surface area (Å²) in [6.07, 6.45) is 2.85. The topological polar surface area (TPSA) is 76.1 Å². The van der Waals surface area contributed by atoms with E-state index in [-0.39, 0.29) is 10.9 Å². The number of hydrogen-bond acceptors (Lipinski definition) is 5. The van der Waals surface area contributed by atoms with Crippen LogP contribution in [-0.4, -0.2) is 36.1 Å². The molecule has 1 amide bonds. The number of aromatic nitrogens is 2. The van der Waals surface area contributed by atoms with Crippen molar-refractivity contribution >= 4 is 40.7 Å². The molecule has 0 aliphatic heterocycles. The first-order chi connectivity index (χ1) is 10.6. The van der Waals surface area contributed by atoms with E-state index in [2.05, 4.69) is 20.6 Å². The molecule has 0 atom stereocenters. The molecule has 2 rings (SSSR count). The normalized spacial score (nSPS) is 10.3. The van der Waals surface area contributed by atoms with E-state index in [1.54, 1.807) is 25.3 Å². The molecule has 22 heavy (non-hydrogen) atoms. The first-order valence-electron chi connectivity index (χ1n) is 6.42. The third kappa shape index (κ3) is 4.30. The van der Waals surface area contributed by atoms with Crippen molar-refractivity contribution in [3.8, 4) is 0 Å². The summed E-state index contributed by atoms with van der Waals surface area (Å²) in [4.78, 5) is 20.2. The molecule has 1 heterocycles. The van der Waals surface area contributed by atoms with Crippen LogP contribution in [0.2, 0.25) is 10.0 Å². The summed E-state index contributed by atoms with van der Waals surface area (Å²) < 4.78 is 4.91. The summed E-state index contributed by atoms with van der Waals surface area (Å²) in [5, 5.41) is 6.28. The Labute approximate surface area is 137 Å². The van der Waals surface area contributed by atoms with Crippen LogP contribution < -0.4 is 10.6 Å². The van der Waals surface area contributed by atoms with Crippen LogP contribution in [0.5, 0.6) is 0 Å². The lowest BCUT2D eigenvalue weighted by Crippen LogP contribution is -2.14. The monoisotopic (exact) mass is 340 g/mol. The highest BCUT2D eigenvalue weighted by molar-refractivity contribution is 6.44. The number of halogens is 2. The van der Waals surface area contributed by atoms with E-state index >= 15 is 0 Å². The van der Waals surface area contributed by atoms with Gasteiger partial charge in [0.05, 0.1) is 27.9 Å². The van der Waals surface area contributed by atoms with Crippen LogP contribution in [-0.2, 0) is 4.74 Å².